The van der Waals surface area contributed by atoms with Crippen molar-refractivity contribution in [3.63, 3.8) is 0 Å². The summed E-state index contributed by atoms with van der Waals surface area (Å²) in [5, 5.41) is 10.6. The van der Waals surface area contributed by atoms with Crippen LogP contribution >= 0.6 is 15.9 Å². The van der Waals surface area contributed by atoms with Gasteiger partial charge in [-0.05, 0) is 29.8 Å². The summed E-state index contributed by atoms with van der Waals surface area (Å²) in [5.41, 5.74) is -0.131. The predicted octanol–water partition coefficient (Wildman–Crippen LogP) is 2.54. The van der Waals surface area contributed by atoms with Crippen LogP contribution in [0.15, 0.2) is 16.7 Å². The molecular weight excluding hydrogens is 252 g/mol. The molecule has 0 aliphatic heterocycles. The topological polar surface area (TPSA) is 65.3 Å². The Kier molecular flexibility index (Phi) is 3.40. The van der Waals surface area contributed by atoms with Crippen molar-refractivity contribution < 1.29 is 9.66 Å². The van der Waals surface area contributed by atoms with Gasteiger partial charge in [0.1, 0.15) is 0 Å². The van der Waals surface area contributed by atoms with E-state index < -0.39 is 4.92 Å². The summed E-state index contributed by atoms with van der Waals surface area (Å²) in [6, 6.07) is 1.37. The summed E-state index contributed by atoms with van der Waals surface area (Å²) in [6.45, 7) is 3.57. The molecule has 0 radical (unpaired) electrons. The van der Waals surface area contributed by atoms with Crippen molar-refractivity contribution in [2.24, 2.45) is 0 Å². The molecule has 14 heavy (non-hydrogen) atoms. The van der Waals surface area contributed by atoms with Gasteiger partial charge in [0.05, 0.1) is 11.0 Å². The van der Waals surface area contributed by atoms with Gasteiger partial charge in [0.25, 0.3) is 5.88 Å². The first-order chi connectivity index (χ1) is 6.50. The highest BCUT2D eigenvalue weighted by atomic mass is 79.9. The highest BCUT2D eigenvalue weighted by molar-refractivity contribution is 9.10. The van der Waals surface area contributed by atoms with Gasteiger partial charge in [-0.2, -0.15) is 0 Å². The molecule has 0 atom stereocenters. The number of hydrogen-bond acceptors (Lipinski definition) is 4. The molecule has 1 rings (SSSR count). The summed E-state index contributed by atoms with van der Waals surface area (Å²) in [4.78, 5) is 13.9. The minimum absolute atomic E-state index is 0.0493. The Labute approximate surface area is 89.4 Å². The third kappa shape index (κ3) is 2.66. The van der Waals surface area contributed by atoms with Gasteiger partial charge < -0.3 is 4.74 Å². The fraction of sp³-hybridized carbons (Fsp3) is 0.375. The normalized spacial score (nSPS) is 10.3. The number of nitro groups is 1. The van der Waals surface area contributed by atoms with Gasteiger partial charge >= 0.3 is 5.69 Å². The fourth-order valence-corrected chi connectivity index (χ4v) is 1.18. The summed E-state index contributed by atoms with van der Waals surface area (Å²) < 4.78 is 5.74. The third-order valence-electron chi connectivity index (χ3n) is 1.34. The predicted molar refractivity (Wildman–Crippen MR) is 54.4 cm³/mol. The molecule has 0 unspecified atom stereocenters. The second-order valence-electron chi connectivity index (χ2n) is 2.90. The van der Waals surface area contributed by atoms with Gasteiger partial charge in [0, 0.05) is 16.7 Å². The second-order valence-corrected chi connectivity index (χ2v) is 3.82. The zero-order valence-electron chi connectivity index (χ0n) is 7.73. The van der Waals surface area contributed by atoms with E-state index in [4.69, 9.17) is 4.74 Å². The zero-order valence-corrected chi connectivity index (χ0v) is 9.32. The minimum atomic E-state index is -0.518. The first kappa shape index (κ1) is 10.9. The second kappa shape index (κ2) is 4.36. The lowest BCUT2D eigenvalue weighted by Crippen LogP contribution is -2.08. The van der Waals surface area contributed by atoms with Crippen molar-refractivity contribution in [3.05, 3.63) is 26.9 Å². The summed E-state index contributed by atoms with van der Waals surface area (Å²) in [7, 11) is 0. The van der Waals surface area contributed by atoms with Gasteiger partial charge in [0.2, 0.25) is 0 Å². The van der Waals surface area contributed by atoms with Crippen LogP contribution in [0.2, 0.25) is 0 Å². The van der Waals surface area contributed by atoms with Crippen molar-refractivity contribution in [2.45, 2.75) is 20.0 Å². The van der Waals surface area contributed by atoms with Crippen LogP contribution in [0.4, 0.5) is 5.69 Å². The van der Waals surface area contributed by atoms with E-state index in [-0.39, 0.29) is 17.7 Å². The van der Waals surface area contributed by atoms with Crippen molar-refractivity contribution in [3.8, 4) is 5.88 Å². The Hall–Kier alpha value is -1.17. The highest BCUT2D eigenvalue weighted by Gasteiger charge is 2.18. The summed E-state index contributed by atoms with van der Waals surface area (Å²) in [5.74, 6) is 0.0493. The molecule has 0 spiro atoms. The SMILES string of the molecule is CC(C)Oc1ncc(Br)cc1[N+](=O)[O-]. The largest absolute Gasteiger partial charge is 0.470 e. The van der Waals surface area contributed by atoms with Gasteiger partial charge in [0.15, 0.2) is 0 Å². The van der Waals surface area contributed by atoms with Crippen LogP contribution in [-0.2, 0) is 0 Å². The van der Waals surface area contributed by atoms with Crippen molar-refractivity contribution in [1.82, 2.24) is 4.98 Å². The van der Waals surface area contributed by atoms with E-state index in [9.17, 15) is 10.1 Å². The smallest absolute Gasteiger partial charge is 0.332 e. The van der Waals surface area contributed by atoms with Crippen LogP contribution in [0.1, 0.15) is 13.8 Å². The maximum atomic E-state index is 10.6. The standard InChI is InChI=1S/C8H9BrN2O3/c1-5(2)14-8-7(11(12)13)3-6(9)4-10-8/h3-5H,1-2H3. The number of halogens is 1. The monoisotopic (exact) mass is 260 g/mol. The highest BCUT2D eigenvalue weighted by Crippen LogP contribution is 2.27. The Bertz CT molecular complexity index is 354. The molecule has 0 aliphatic rings. The van der Waals surface area contributed by atoms with Crippen molar-refractivity contribution >= 4 is 21.6 Å². The number of hydrogen-bond donors (Lipinski definition) is 0. The average molecular weight is 261 g/mol. The number of aromatic nitrogens is 1. The molecule has 0 fully saturated rings. The molecule has 1 aromatic heterocycles. The van der Waals surface area contributed by atoms with Crippen LogP contribution in [-0.4, -0.2) is 16.0 Å². The summed E-state index contributed by atoms with van der Waals surface area (Å²) >= 11 is 3.11. The zero-order chi connectivity index (χ0) is 10.7. The maximum Gasteiger partial charge on any atom is 0.332 e. The van der Waals surface area contributed by atoms with Crippen molar-refractivity contribution in [1.29, 1.82) is 0 Å². The number of pyridine rings is 1. The van der Waals surface area contributed by atoms with Gasteiger partial charge in [-0.25, -0.2) is 4.98 Å². The quantitative estimate of drug-likeness (QED) is 0.619. The molecule has 0 amide bonds. The molecule has 0 aliphatic carbocycles. The molecule has 76 valence electrons. The number of ether oxygens (including phenoxy) is 1. The van der Waals surface area contributed by atoms with E-state index in [1.165, 1.54) is 12.3 Å². The van der Waals surface area contributed by atoms with Gasteiger partial charge in [-0.1, -0.05) is 0 Å². The maximum absolute atomic E-state index is 10.6. The molecule has 1 aromatic rings. The molecule has 0 saturated carbocycles. The minimum Gasteiger partial charge on any atom is -0.470 e. The molecule has 5 nitrogen and oxygen atoms in total. The molecule has 0 bridgehead atoms. The number of nitrogens with zero attached hydrogens (tertiary/aromatic N) is 2. The molecule has 0 N–H and O–H groups in total. The van der Waals surface area contributed by atoms with Crippen LogP contribution < -0.4 is 4.74 Å². The van der Waals surface area contributed by atoms with Crippen LogP contribution in [0, 0.1) is 10.1 Å². The first-order valence-corrected chi connectivity index (χ1v) is 4.76. The molecular formula is C8H9BrN2O3. The van der Waals surface area contributed by atoms with Crippen molar-refractivity contribution in [2.75, 3.05) is 0 Å². The molecule has 0 saturated heterocycles. The van der Waals surface area contributed by atoms with E-state index >= 15 is 0 Å². The third-order valence-corrected chi connectivity index (χ3v) is 1.78. The average Bonchev–Trinajstić information content (AvgIpc) is 2.07. The van der Waals surface area contributed by atoms with E-state index in [1.807, 2.05) is 0 Å². The van der Waals surface area contributed by atoms with Gasteiger partial charge in [-0.3, -0.25) is 10.1 Å². The first-order valence-electron chi connectivity index (χ1n) is 3.97. The lowest BCUT2D eigenvalue weighted by molar-refractivity contribution is -0.386. The van der Waals surface area contributed by atoms with E-state index in [0.717, 1.165) is 0 Å². The fourth-order valence-electron chi connectivity index (χ4n) is 0.861. The Morgan fingerprint density at radius 1 is 1.64 bits per heavy atom. The van der Waals surface area contributed by atoms with Crippen LogP contribution in [0.3, 0.4) is 0 Å². The molecule has 1 heterocycles. The summed E-state index contributed by atoms with van der Waals surface area (Å²) in [6.07, 6.45) is 1.33. The molecule has 0 aromatic carbocycles. The Morgan fingerprint density at radius 3 is 2.79 bits per heavy atom. The van der Waals surface area contributed by atoms with E-state index in [0.29, 0.717) is 4.47 Å². The Balaban J connectivity index is 3.08. The number of rotatable bonds is 3. The lowest BCUT2D eigenvalue weighted by Gasteiger charge is -2.08. The molecule has 6 heteroatoms. The van der Waals surface area contributed by atoms with E-state index in [2.05, 4.69) is 20.9 Å². The van der Waals surface area contributed by atoms with Crippen LogP contribution in [0.5, 0.6) is 5.88 Å². The van der Waals surface area contributed by atoms with Gasteiger partial charge in [-0.15, -0.1) is 0 Å². The lowest BCUT2D eigenvalue weighted by atomic mass is 10.4. The van der Waals surface area contributed by atoms with Crippen LogP contribution in [0.25, 0.3) is 0 Å². The Morgan fingerprint density at radius 2 is 2.29 bits per heavy atom. The van der Waals surface area contributed by atoms with E-state index in [1.54, 1.807) is 13.8 Å².